The fraction of sp³-hybridized carbons (Fsp3) is 1.00. The van der Waals surface area contributed by atoms with E-state index in [1.165, 1.54) is 25.7 Å². The summed E-state index contributed by atoms with van der Waals surface area (Å²) in [5, 5.41) is 3.44. The molecule has 16 heavy (non-hydrogen) atoms. The largest absolute Gasteiger partial charge is 0.313 e. The highest BCUT2D eigenvalue weighted by Crippen LogP contribution is 2.25. The maximum atomic E-state index is 12.1. The summed E-state index contributed by atoms with van der Waals surface area (Å²) < 4.78 is 12.1. The molecule has 1 N–H and O–H groups in total. The van der Waals surface area contributed by atoms with Crippen LogP contribution < -0.4 is 5.32 Å². The molecule has 0 amide bonds. The van der Waals surface area contributed by atoms with E-state index in [0.717, 1.165) is 24.0 Å². The minimum Gasteiger partial charge on any atom is -0.313 e. The van der Waals surface area contributed by atoms with Gasteiger partial charge in [0.1, 0.15) is 0 Å². The van der Waals surface area contributed by atoms with Crippen molar-refractivity contribution in [3.8, 4) is 0 Å². The first-order valence-corrected chi connectivity index (χ1v) is 8.20. The minimum atomic E-state index is -0.624. The van der Waals surface area contributed by atoms with Crippen LogP contribution in [0.5, 0.6) is 0 Å². The molecule has 0 aromatic rings. The second-order valence-corrected chi connectivity index (χ2v) is 6.88. The van der Waals surface area contributed by atoms with Gasteiger partial charge in [0, 0.05) is 28.3 Å². The van der Waals surface area contributed by atoms with Crippen LogP contribution in [0.3, 0.4) is 0 Å². The summed E-state index contributed by atoms with van der Waals surface area (Å²) in [5.41, 5.74) is 0. The van der Waals surface area contributed by atoms with Gasteiger partial charge in [-0.05, 0) is 31.2 Å². The smallest absolute Gasteiger partial charge is 0.0391 e. The number of hydrogen-bond donors (Lipinski definition) is 1. The van der Waals surface area contributed by atoms with Gasteiger partial charge in [-0.2, -0.15) is 0 Å². The highest BCUT2D eigenvalue weighted by atomic mass is 32.2. The van der Waals surface area contributed by atoms with E-state index in [1.807, 2.05) is 0 Å². The molecule has 0 saturated heterocycles. The fourth-order valence-corrected chi connectivity index (χ4v) is 4.36. The van der Waals surface area contributed by atoms with Crippen LogP contribution in [-0.4, -0.2) is 28.3 Å². The first-order valence-electron chi connectivity index (χ1n) is 6.71. The number of hydrogen-bond acceptors (Lipinski definition) is 2. The zero-order valence-electron chi connectivity index (χ0n) is 11.0. The highest BCUT2D eigenvalue weighted by molar-refractivity contribution is 7.85. The van der Waals surface area contributed by atoms with Gasteiger partial charge in [-0.3, -0.25) is 4.21 Å². The summed E-state index contributed by atoms with van der Waals surface area (Å²) in [6.45, 7) is 7.51. The maximum Gasteiger partial charge on any atom is 0.0391 e. The monoisotopic (exact) mass is 245 g/mol. The molecule has 1 saturated carbocycles. The van der Waals surface area contributed by atoms with Crippen molar-refractivity contribution < 1.29 is 4.21 Å². The number of rotatable bonds is 7. The van der Waals surface area contributed by atoms with Gasteiger partial charge in [0.2, 0.25) is 0 Å². The molecular formula is C13H27NOS. The van der Waals surface area contributed by atoms with Gasteiger partial charge in [0.15, 0.2) is 0 Å². The van der Waals surface area contributed by atoms with Crippen molar-refractivity contribution in [3.63, 3.8) is 0 Å². The van der Waals surface area contributed by atoms with E-state index in [9.17, 15) is 4.21 Å². The van der Waals surface area contributed by atoms with Crippen LogP contribution in [0.2, 0.25) is 0 Å². The molecule has 1 aliphatic rings. The first-order chi connectivity index (χ1) is 7.63. The molecule has 0 radical (unpaired) electrons. The Bertz CT molecular complexity index is 212. The highest BCUT2D eigenvalue weighted by Gasteiger charge is 2.20. The van der Waals surface area contributed by atoms with Crippen molar-refractivity contribution in [1.82, 2.24) is 5.32 Å². The molecule has 1 rings (SSSR count). The molecule has 0 spiro atoms. The van der Waals surface area contributed by atoms with E-state index in [2.05, 4.69) is 26.1 Å². The predicted octanol–water partition coefficient (Wildman–Crippen LogP) is 2.56. The Morgan fingerprint density at radius 3 is 2.44 bits per heavy atom. The lowest BCUT2D eigenvalue weighted by Gasteiger charge is -2.22. The van der Waals surface area contributed by atoms with Crippen molar-refractivity contribution in [3.05, 3.63) is 0 Å². The molecule has 1 fully saturated rings. The number of nitrogens with one attached hydrogen (secondary N) is 1. The Hall–Kier alpha value is 0.110. The van der Waals surface area contributed by atoms with Crippen LogP contribution in [-0.2, 0) is 10.8 Å². The Morgan fingerprint density at radius 2 is 1.94 bits per heavy atom. The van der Waals surface area contributed by atoms with E-state index in [0.29, 0.717) is 12.0 Å². The maximum absolute atomic E-state index is 12.1. The van der Waals surface area contributed by atoms with Gasteiger partial charge in [-0.25, -0.2) is 0 Å². The van der Waals surface area contributed by atoms with E-state index in [4.69, 9.17) is 0 Å². The molecule has 2 unspecified atom stereocenters. The summed E-state index contributed by atoms with van der Waals surface area (Å²) in [6.07, 6.45) is 5.31. The minimum absolute atomic E-state index is 0.423. The van der Waals surface area contributed by atoms with Gasteiger partial charge >= 0.3 is 0 Å². The molecule has 0 aliphatic heterocycles. The van der Waals surface area contributed by atoms with E-state index >= 15 is 0 Å². The second kappa shape index (κ2) is 7.44. The Labute approximate surface area is 103 Å². The third-order valence-corrected chi connectivity index (χ3v) is 5.11. The third kappa shape index (κ3) is 4.96. The molecule has 2 nitrogen and oxygen atoms in total. The summed E-state index contributed by atoms with van der Waals surface area (Å²) in [4.78, 5) is 0. The molecule has 0 heterocycles. The molecule has 0 aromatic heterocycles. The lowest BCUT2D eigenvalue weighted by atomic mass is 10.1. The van der Waals surface area contributed by atoms with Gasteiger partial charge in [0.05, 0.1) is 0 Å². The Kier molecular flexibility index (Phi) is 6.59. The van der Waals surface area contributed by atoms with Gasteiger partial charge in [-0.1, -0.05) is 33.6 Å². The Balaban J connectivity index is 2.29. The normalized spacial score (nSPS) is 21.5. The topological polar surface area (TPSA) is 29.1 Å². The standard InChI is InChI=1S/C13H27NOS/c1-4-14-13(11(2)3)10-16(15)9-12-7-5-6-8-12/h11-14H,4-10H2,1-3H3. The van der Waals surface area contributed by atoms with Crippen LogP contribution in [0.1, 0.15) is 46.5 Å². The molecule has 0 bridgehead atoms. The van der Waals surface area contributed by atoms with Crippen molar-refractivity contribution in [2.24, 2.45) is 11.8 Å². The van der Waals surface area contributed by atoms with Crippen LogP contribution in [0.15, 0.2) is 0 Å². The van der Waals surface area contributed by atoms with Crippen molar-refractivity contribution in [1.29, 1.82) is 0 Å². The first kappa shape index (κ1) is 14.2. The summed E-state index contributed by atoms with van der Waals surface area (Å²) in [5.74, 6) is 3.10. The molecule has 3 heteroatoms. The SMILES string of the molecule is CCNC(CS(=O)CC1CCCC1)C(C)C. The molecular weight excluding hydrogens is 218 g/mol. The van der Waals surface area contributed by atoms with Crippen molar-refractivity contribution in [2.75, 3.05) is 18.1 Å². The summed E-state index contributed by atoms with van der Waals surface area (Å²) in [7, 11) is -0.624. The van der Waals surface area contributed by atoms with E-state index in [1.54, 1.807) is 0 Å². The quantitative estimate of drug-likeness (QED) is 0.747. The van der Waals surface area contributed by atoms with Crippen LogP contribution in [0, 0.1) is 11.8 Å². The lowest BCUT2D eigenvalue weighted by Crippen LogP contribution is -2.39. The van der Waals surface area contributed by atoms with Crippen molar-refractivity contribution in [2.45, 2.75) is 52.5 Å². The molecule has 96 valence electrons. The van der Waals surface area contributed by atoms with Crippen LogP contribution in [0.4, 0.5) is 0 Å². The van der Waals surface area contributed by atoms with E-state index in [-0.39, 0.29) is 0 Å². The second-order valence-electron chi connectivity index (χ2n) is 5.33. The van der Waals surface area contributed by atoms with Gasteiger partial charge in [-0.15, -0.1) is 0 Å². The van der Waals surface area contributed by atoms with Crippen LogP contribution in [0.25, 0.3) is 0 Å². The van der Waals surface area contributed by atoms with Gasteiger partial charge < -0.3 is 5.32 Å². The van der Waals surface area contributed by atoms with E-state index < -0.39 is 10.8 Å². The summed E-state index contributed by atoms with van der Waals surface area (Å²) in [6, 6.07) is 0.423. The predicted molar refractivity (Wildman–Crippen MR) is 72.1 cm³/mol. The average Bonchev–Trinajstić information content (AvgIpc) is 2.69. The average molecular weight is 245 g/mol. The fourth-order valence-electron chi connectivity index (χ4n) is 2.46. The van der Waals surface area contributed by atoms with Crippen molar-refractivity contribution >= 4 is 10.8 Å². The molecule has 2 atom stereocenters. The summed E-state index contributed by atoms with van der Waals surface area (Å²) >= 11 is 0. The van der Waals surface area contributed by atoms with Crippen LogP contribution >= 0.6 is 0 Å². The third-order valence-electron chi connectivity index (χ3n) is 3.53. The zero-order chi connectivity index (χ0) is 12.0. The molecule has 0 aromatic carbocycles. The lowest BCUT2D eigenvalue weighted by molar-refractivity contribution is 0.439. The molecule has 1 aliphatic carbocycles. The van der Waals surface area contributed by atoms with Gasteiger partial charge in [0.25, 0.3) is 0 Å². The zero-order valence-corrected chi connectivity index (χ0v) is 11.8. The Morgan fingerprint density at radius 1 is 1.31 bits per heavy atom.